The Labute approximate surface area is 136 Å². The number of carbonyl (C=O) groups is 1. The van der Waals surface area contributed by atoms with Crippen molar-refractivity contribution in [2.75, 3.05) is 4.90 Å². The van der Waals surface area contributed by atoms with Gasteiger partial charge in [0, 0.05) is 11.6 Å². The zero-order valence-electron chi connectivity index (χ0n) is 11.2. The standard InChI is InChI=1S/C16H10Cl2N2O2/c17-12-9-13(18)15(14-11(12)7-4-8-19-14)20(16(21)22)10-5-2-1-3-6-10/h1-9H,(H,21,22). The van der Waals surface area contributed by atoms with E-state index in [0.29, 0.717) is 27.3 Å². The van der Waals surface area contributed by atoms with E-state index in [1.165, 1.54) is 6.07 Å². The number of aromatic nitrogens is 1. The average molecular weight is 333 g/mol. The van der Waals surface area contributed by atoms with Gasteiger partial charge in [-0.1, -0.05) is 41.4 Å². The number of nitrogens with zero attached hydrogens (tertiary/aromatic N) is 2. The summed E-state index contributed by atoms with van der Waals surface area (Å²) in [4.78, 5) is 17.2. The lowest BCUT2D eigenvalue weighted by molar-refractivity contribution is 0.205. The Balaban J connectivity index is 2.34. The molecule has 110 valence electrons. The van der Waals surface area contributed by atoms with Crippen molar-refractivity contribution < 1.29 is 9.90 Å². The Morgan fingerprint density at radius 3 is 2.45 bits per heavy atom. The monoisotopic (exact) mass is 332 g/mol. The molecular formula is C16H10Cl2N2O2. The van der Waals surface area contributed by atoms with E-state index in [1.807, 2.05) is 6.07 Å². The predicted molar refractivity (Wildman–Crippen MR) is 88.4 cm³/mol. The highest BCUT2D eigenvalue weighted by atomic mass is 35.5. The number of anilines is 2. The summed E-state index contributed by atoms with van der Waals surface area (Å²) in [7, 11) is 0. The summed E-state index contributed by atoms with van der Waals surface area (Å²) in [5.74, 6) is 0. The molecule has 0 aliphatic rings. The predicted octanol–water partition coefficient (Wildman–Crippen LogP) is 5.36. The van der Waals surface area contributed by atoms with Crippen LogP contribution in [-0.4, -0.2) is 16.2 Å². The maximum absolute atomic E-state index is 11.8. The van der Waals surface area contributed by atoms with E-state index in [2.05, 4.69) is 4.98 Å². The SMILES string of the molecule is O=C(O)N(c1ccccc1)c1c(Cl)cc(Cl)c2cccnc12. The number of fused-ring (bicyclic) bond motifs is 1. The summed E-state index contributed by atoms with van der Waals surface area (Å²) in [5, 5.41) is 10.9. The minimum atomic E-state index is -1.15. The topological polar surface area (TPSA) is 53.4 Å². The number of rotatable bonds is 2. The van der Waals surface area contributed by atoms with E-state index < -0.39 is 6.09 Å². The molecule has 3 aromatic rings. The van der Waals surface area contributed by atoms with Crippen molar-refractivity contribution in [1.29, 1.82) is 0 Å². The van der Waals surface area contributed by atoms with Gasteiger partial charge in [-0.25, -0.2) is 9.69 Å². The third-order valence-corrected chi connectivity index (χ3v) is 3.80. The summed E-state index contributed by atoms with van der Waals surface area (Å²) in [5.41, 5.74) is 1.21. The molecule has 4 nitrogen and oxygen atoms in total. The van der Waals surface area contributed by atoms with Crippen molar-refractivity contribution in [3.8, 4) is 0 Å². The molecule has 6 heteroatoms. The molecule has 3 rings (SSSR count). The number of carboxylic acid groups (broad SMARTS) is 1. The van der Waals surface area contributed by atoms with E-state index in [0.717, 1.165) is 4.90 Å². The Bertz CT molecular complexity index is 853. The lowest BCUT2D eigenvalue weighted by Gasteiger charge is -2.22. The molecule has 1 heterocycles. The lowest BCUT2D eigenvalue weighted by Crippen LogP contribution is -2.24. The van der Waals surface area contributed by atoms with Crippen molar-refractivity contribution in [2.24, 2.45) is 0 Å². The van der Waals surface area contributed by atoms with Gasteiger partial charge in [0.15, 0.2) is 0 Å². The fraction of sp³-hybridized carbons (Fsp3) is 0. The molecule has 1 aromatic heterocycles. The van der Waals surface area contributed by atoms with Crippen molar-refractivity contribution in [3.63, 3.8) is 0 Å². The Kier molecular flexibility index (Phi) is 3.88. The van der Waals surface area contributed by atoms with Crippen LogP contribution in [0.15, 0.2) is 54.7 Å². The van der Waals surface area contributed by atoms with Gasteiger partial charge in [0.2, 0.25) is 0 Å². The minimum Gasteiger partial charge on any atom is -0.464 e. The van der Waals surface area contributed by atoms with Crippen LogP contribution in [0.3, 0.4) is 0 Å². The fourth-order valence-corrected chi connectivity index (χ4v) is 2.88. The first-order valence-electron chi connectivity index (χ1n) is 6.40. The second-order valence-corrected chi connectivity index (χ2v) is 5.36. The van der Waals surface area contributed by atoms with E-state index in [9.17, 15) is 9.90 Å². The van der Waals surface area contributed by atoms with Crippen LogP contribution in [0, 0.1) is 0 Å². The summed E-state index contributed by atoms with van der Waals surface area (Å²) in [6.07, 6.45) is 0.422. The number of halogens is 2. The molecule has 0 aliphatic carbocycles. The Morgan fingerprint density at radius 2 is 1.77 bits per heavy atom. The molecule has 0 saturated heterocycles. The molecule has 2 aromatic carbocycles. The quantitative estimate of drug-likeness (QED) is 0.687. The normalized spacial score (nSPS) is 10.6. The second kappa shape index (κ2) is 5.83. The lowest BCUT2D eigenvalue weighted by atomic mass is 10.1. The van der Waals surface area contributed by atoms with Crippen molar-refractivity contribution in [2.45, 2.75) is 0 Å². The third-order valence-electron chi connectivity index (χ3n) is 3.20. The zero-order valence-corrected chi connectivity index (χ0v) is 12.7. The molecule has 22 heavy (non-hydrogen) atoms. The molecule has 0 radical (unpaired) electrons. The van der Waals surface area contributed by atoms with Gasteiger partial charge in [0.05, 0.1) is 26.9 Å². The molecule has 0 spiro atoms. The van der Waals surface area contributed by atoms with Crippen molar-refractivity contribution in [1.82, 2.24) is 4.98 Å². The van der Waals surface area contributed by atoms with E-state index in [4.69, 9.17) is 23.2 Å². The van der Waals surface area contributed by atoms with Crippen LogP contribution in [0.2, 0.25) is 10.0 Å². The molecule has 0 bridgehead atoms. The summed E-state index contributed by atoms with van der Waals surface area (Å²) in [6, 6.07) is 13.7. The van der Waals surface area contributed by atoms with Gasteiger partial charge in [-0.05, 0) is 30.3 Å². The van der Waals surface area contributed by atoms with Gasteiger partial charge >= 0.3 is 6.09 Å². The molecule has 0 atom stereocenters. The summed E-state index contributed by atoms with van der Waals surface area (Å²) in [6.45, 7) is 0. The molecule has 1 amide bonds. The van der Waals surface area contributed by atoms with Crippen LogP contribution in [-0.2, 0) is 0 Å². The van der Waals surface area contributed by atoms with Gasteiger partial charge in [-0.2, -0.15) is 0 Å². The summed E-state index contributed by atoms with van der Waals surface area (Å²) < 4.78 is 0. The number of pyridine rings is 1. The first-order valence-corrected chi connectivity index (χ1v) is 7.16. The highest BCUT2D eigenvalue weighted by Crippen LogP contribution is 2.40. The van der Waals surface area contributed by atoms with Gasteiger partial charge in [0.1, 0.15) is 0 Å². The van der Waals surface area contributed by atoms with E-state index >= 15 is 0 Å². The minimum absolute atomic E-state index is 0.224. The van der Waals surface area contributed by atoms with Crippen molar-refractivity contribution in [3.05, 3.63) is 64.8 Å². The molecule has 1 N–H and O–H groups in total. The highest BCUT2D eigenvalue weighted by molar-refractivity contribution is 6.41. The van der Waals surface area contributed by atoms with E-state index in [-0.39, 0.29) is 5.02 Å². The largest absolute Gasteiger partial charge is 0.464 e. The van der Waals surface area contributed by atoms with Crippen LogP contribution in [0.5, 0.6) is 0 Å². The highest BCUT2D eigenvalue weighted by Gasteiger charge is 2.23. The van der Waals surface area contributed by atoms with Crippen LogP contribution in [0.4, 0.5) is 16.2 Å². The number of hydrogen-bond acceptors (Lipinski definition) is 2. The molecule has 0 unspecified atom stereocenters. The first kappa shape index (κ1) is 14.6. The van der Waals surface area contributed by atoms with Gasteiger partial charge in [0.25, 0.3) is 0 Å². The number of para-hydroxylation sites is 1. The number of amides is 1. The number of benzene rings is 2. The first-order chi connectivity index (χ1) is 10.6. The Morgan fingerprint density at radius 1 is 1.05 bits per heavy atom. The maximum atomic E-state index is 11.8. The van der Waals surface area contributed by atoms with Crippen LogP contribution in [0.25, 0.3) is 10.9 Å². The van der Waals surface area contributed by atoms with Gasteiger partial charge in [-0.3, -0.25) is 4.98 Å². The molecule has 0 saturated carbocycles. The maximum Gasteiger partial charge on any atom is 0.416 e. The van der Waals surface area contributed by atoms with Gasteiger partial charge in [-0.15, -0.1) is 0 Å². The zero-order chi connectivity index (χ0) is 15.7. The molecule has 0 aliphatic heterocycles. The van der Waals surface area contributed by atoms with E-state index in [1.54, 1.807) is 42.6 Å². The molecule has 0 fully saturated rings. The smallest absolute Gasteiger partial charge is 0.416 e. The Hall–Kier alpha value is -2.30. The number of hydrogen-bond donors (Lipinski definition) is 1. The third kappa shape index (κ3) is 2.47. The second-order valence-electron chi connectivity index (χ2n) is 4.54. The van der Waals surface area contributed by atoms with Crippen molar-refractivity contribution >= 4 is 51.6 Å². The van der Waals surface area contributed by atoms with Crippen LogP contribution < -0.4 is 4.90 Å². The molecular weight excluding hydrogens is 323 g/mol. The van der Waals surface area contributed by atoms with Crippen LogP contribution >= 0.6 is 23.2 Å². The fourth-order valence-electron chi connectivity index (χ4n) is 2.28. The summed E-state index contributed by atoms with van der Waals surface area (Å²) >= 11 is 12.4. The van der Waals surface area contributed by atoms with Crippen LogP contribution in [0.1, 0.15) is 0 Å². The average Bonchev–Trinajstić information content (AvgIpc) is 2.52. The van der Waals surface area contributed by atoms with Gasteiger partial charge < -0.3 is 5.11 Å².